The molecule has 0 bridgehead atoms. The highest BCUT2D eigenvalue weighted by molar-refractivity contribution is 7.92. The molecule has 174 valence electrons. The van der Waals surface area contributed by atoms with Crippen LogP contribution in [-0.4, -0.2) is 51.7 Å². The summed E-state index contributed by atoms with van der Waals surface area (Å²) in [5, 5.41) is -0.446. The van der Waals surface area contributed by atoms with Crippen LogP contribution in [0.5, 0.6) is 0 Å². The van der Waals surface area contributed by atoms with Crippen LogP contribution in [0.2, 0.25) is 0 Å². The molecule has 0 unspecified atom stereocenters. The summed E-state index contributed by atoms with van der Waals surface area (Å²) in [6.07, 6.45) is 0.763. The molecule has 0 radical (unpaired) electrons. The third-order valence-corrected chi connectivity index (χ3v) is 9.27. The number of nitrogens with one attached hydrogen (secondary N) is 1. The Morgan fingerprint density at radius 2 is 1.72 bits per heavy atom. The largest absolute Gasteiger partial charge is 0.339 e. The van der Waals surface area contributed by atoms with Gasteiger partial charge < -0.3 is 4.90 Å². The lowest BCUT2D eigenvalue weighted by Gasteiger charge is -2.32. The summed E-state index contributed by atoms with van der Waals surface area (Å²) in [5.74, 6) is -0.773. The molecule has 0 aliphatic carbocycles. The molecule has 1 N–H and O–H groups in total. The van der Waals surface area contributed by atoms with Gasteiger partial charge in [-0.05, 0) is 55.2 Å². The number of amides is 1. The molecular formula is C22H27FN2O5S2. The fourth-order valence-electron chi connectivity index (χ4n) is 3.77. The van der Waals surface area contributed by atoms with Crippen molar-refractivity contribution < 1.29 is 26.0 Å². The number of carbonyl (C=O) groups excluding carboxylic acids is 1. The van der Waals surface area contributed by atoms with E-state index in [1.165, 1.54) is 24.3 Å². The van der Waals surface area contributed by atoms with Crippen molar-refractivity contribution in [3.05, 3.63) is 59.9 Å². The molecule has 2 aromatic rings. The van der Waals surface area contributed by atoms with Crippen molar-refractivity contribution in [1.82, 2.24) is 4.90 Å². The van der Waals surface area contributed by atoms with Gasteiger partial charge in [0.15, 0.2) is 9.84 Å². The minimum absolute atomic E-state index is 0.0542. The van der Waals surface area contributed by atoms with E-state index in [-0.39, 0.29) is 33.7 Å². The number of piperidine rings is 1. The van der Waals surface area contributed by atoms with Gasteiger partial charge in [0.25, 0.3) is 15.9 Å². The molecule has 1 aliphatic rings. The molecular weight excluding hydrogens is 455 g/mol. The van der Waals surface area contributed by atoms with Crippen LogP contribution in [0, 0.1) is 11.7 Å². The number of halogens is 1. The first-order chi connectivity index (χ1) is 15.0. The Bertz CT molecular complexity index is 1190. The lowest BCUT2D eigenvalue weighted by molar-refractivity contribution is 0.0725. The zero-order valence-electron chi connectivity index (χ0n) is 18.0. The van der Waals surface area contributed by atoms with Gasteiger partial charge in [-0.25, -0.2) is 21.2 Å². The van der Waals surface area contributed by atoms with Gasteiger partial charge in [-0.3, -0.25) is 9.52 Å². The standard InChI is InChI=1S/C22H27FN2O5S2/c1-16(2)15-31(27,28)20-9-11-25(12-10-20)22(26)17-5-3-7-19(13-17)24-32(29,30)21-8-4-6-18(23)14-21/h3-8,13-14,16,20,24H,9-12,15H2,1-2H3. The van der Waals surface area contributed by atoms with Crippen LogP contribution in [0.4, 0.5) is 10.1 Å². The number of anilines is 1. The van der Waals surface area contributed by atoms with Gasteiger partial charge in [-0.2, -0.15) is 0 Å². The predicted octanol–water partition coefficient (Wildman–Crippen LogP) is 3.30. The number of hydrogen-bond acceptors (Lipinski definition) is 5. The number of carbonyl (C=O) groups is 1. The van der Waals surface area contributed by atoms with Crippen LogP contribution in [-0.2, 0) is 19.9 Å². The molecule has 0 saturated carbocycles. The molecule has 3 rings (SSSR count). The number of hydrogen-bond donors (Lipinski definition) is 1. The second-order valence-electron chi connectivity index (χ2n) is 8.36. The first-order valence-corrected chi connectivity index (χ1v) is 13.6. The molecule has 0 aromatic heterocycles. The van der Waals surface area contributed by atoms with Gasteiger partial charge in [0.05, 0.1) is 15.9 Å². The molecule has 10 heteroatoms. The molecule has 1 aliphatic heterocycles. The van der Waals surface area contributed by atoms with Crippen LogP contribution >= 0.6 is 0 Å². The molecule has 2 aromatic carbocycles. The Hall–Kier alpha value is -2.46. The van der Waals surface area contributed by atoms with Crippen LogP contribution in [0.1, 0.15) is 37.0 Å². The summed E-state index contributed by atoms with van der Waals surface area (Å²) >= 11 is 0. The van der Waals surface area contributed by atoms with Crippen LogP contribution in [0.3, 0.4) is 0 Å². The maximum Gasteiger partial charge on any atom is 0.261 e. The van der Waals surface area contributed by atoms with Gasteiger partial charge >= 0.3 is 0 Å². The molecule has 7 nitrogen and oxygen atoms in total. The number of benzene rings is 2. The van der Waals surface area contributed by atoms with Crippen molar-refractivity contribution in [2.24, 2.45) is 5.92 Å². The Morgan fingerprint density at radius 3 is 2.34 bits per heavy atom. The second-order valence-corrected chi connectivity index (χ2v) is 12.4. The summed E-state index contributed by atoms with van der Waals surface area (Å²) in [4.78, 5) is 14.3. The van der Waals surface area contributed by atoms with Crippen molar-refractivity contribution in [3.8, 4) is 0 Å². The smallest absolute Gasteiger partial charge is 0.261 e. The van der Waals surface area contributed by atoms with Gasteiger partial charge in [-0.15, -0.1) is 0 Å². The quantitative estimate of drug-likeness (QED) is 0.653. The third kappa shape index (κ3) is 5.86. The van der Waals surface area contributed by atoms with E-state index in [1.807, 2.05) is 13.8 Å². The number of rotatable bonds is 7. The summed E-state index contributed by atoms with van der Waals surface area (Å²) in [6.45, 7) is 4.37. The lowest BCUT2D eigenvalue weighted by Crippen LogP contribution is -2.43. The minimum atomic E-state index is -4.02. The molecule has 1 saturated heterocycles. The van der Waals surface area contributed by atoms with Crippen molar-refractivity contribution in [2.45, 2.75) is 36.8 Å². The van der Waals surface area contributed by atoms with Gasteiger partial charge in [0.2, 0.25) is 0 Å². The van der Waals surface area contributed by atoms with E-state index >= 15 is 0 Å². The fraction of sp³-hybridized carbons (Fsp3) is 0.409. The van der Waals surface area contributed by atoms with Crippen LogP contribution < -0.4 is 4.72 Å². The van der Waals surface area contributed by atoms with E-state index in [0.29, 0.717) is 25.9 Å². The van der Waals surface area contributed by atoms with Crippen LogP contribution in [0.15, 0.2) is 53.4 Å². The van der Waals surface area contributed by atoms with Crippen molar-refractivity contribution in [2.75, 3.05) is 23.6 Å². The van der Waals surface area contributed by atoms with Gasteiger partial charge in [-0.1, -0.05) is 26.0 Å². The highest BCUT2D eigenvalue weighted by Crippen LogP contribution is 2.23. The second kappa shape index (κ2) is 9.58. The monoisotopic (exact) mass is 482 g/mol. The fourth-order valence-corrected chi connectivity index (χ4v) is 6.98. The summed E-state index contributed by atoms with van der Waals surface area (Å²) in [6, 6.07) is 10.7. The first kappa shape index (κ1) is 24.2. The Kier molecular flexibility index (Phi) is 7.24. The topological polar surface area (TPSA) is 101 Å². The molecule has 1 heterocycles. The molecule has 1 amide bonds. The first-order valence-electron chi connectivity index (χ1n) is 10.4. The van der Waals surface area contributed by atoms with Gasteiger partial charge in [0.1, 0.15) is 5.82 Å². The molecule has 1 fully saturated rings. The zero-order chi connectivity index (χ0) is 23.5. The van der Waals surface area contributed by atoms with Crippen molar-refractivity contribution in [1.29, 1.82) is 0 Å². The van der Waals surface area contributed by atoms with Crippen LogP contribution in [0.25, 0.3) is 0 Å². The van der Waals surface area contributed by atoms with Crippen molar-refractivity contribution in [3.63, 3.8) is 0 Å². The number of sulfonamides is 1. The lowest BCUT2D eigenvalue weighted by atomic mass is 10.1. The summed E-state index contributed by atoms with van der Waals surface area (Å²) < 4.78 is 65.7. The van der Waals surface area contributed by atoms with E-state index in [9.17, 15) is 26.0 Å². The highest BCUT2D eigenvalue weighted by atomic mass is 32.2. The van der Waals surface area contributed by atoms with E-state index in [0.717, 1.165) is 12.1 Å². The van der Waals surface area contributed by atoms with Crippen molar-refractivity contribution >= 4 is 31.5 Å². The average molecular weight is 483 g/mol. The Morgan fingerprint density at radius 1 is 1.06 bits per heavy atom. The molecule has 0 spiro atoms. The number of sulfone groups is 1. The van der Waals surface area contributed by atoms with E-state index in [4.69, 9.17) is 0 Å². The normalized spacial score (nSPS) is 15.7. The Labute approximate surface area is 188 Å². The SMILES string of the molecule is CC(C)CS(=O)(=O)C1CCN(C(=O)c2cccc(NS(=O)(=O)c3cccc(F)c3)c2)CC1. The molecule has 0 atom stereocenters. The summed E-state index contributed by atoms with van der Waals surface area (Å²) in [7, 11) is -7.21. The van der Waals surface area contributed by atoms with E-state index in [1.54, 1.807) is 17.0 Å². The van der Waals surface area contributed by atoms with E-state index in [2.05, 4.69) is 4.72 Å². The highest BCUT2D eigenvalue weighted by Gasteiger charge is 2.32. The van der Waals surface area contributed by atoms with Gasteiger partial charge in [0, 0.05) is 24.3 Å². The average Bonchev–Trinajstić information content (AvgIpc) is 2.72. The third-order valence-electron chi connectivity index (χ3n) is 5.27. The predicted molar refractivity (Wildman–Crippen MR) is 121 cm³/mol. The minimum Gasteiger partial charge on any atom is -0.339 e. The zero-order valence-corrected chi connectivity index (χ0v) is 19.6. The summed E-state index contributed by atoms with van der Waals surface area (Å²) in [5.41, 5.74) is 0.461. The maximum absolute atomic E-state index is 13.4. The molecule has 32 heavy (non-hydrogen) atoms. The Balaban J connectivity index is 1.69. The number of likely N-dealkylation sites (tertiary alicyclic amines) is 1. The maximum atomic E-state index is 13.4. The number of nitrogens with zero attached hydrogens (tertiary/aromatic N) is 1. The van der Waals surface area contributed by atoms with E-state index < -0.39 is 30.9 Å².